The zero-order chi connectivity index (χ0) is 15.9. The summed E-state index contributed by atoms with van der Waals surface area (Å²) < 4.78 is 7.54. The van der Waals surface area contributed by atoms with E-state index in [4.69, 9.17) is 4.43 Å². The van der Waals surface area contributed by atoms with Crippen molar-refractivity contribution in [3.05, 3.63) is 22.2 Å². The Morgan fingerprint density at radius 2 is 1.95 bits per heavy atom. The molecule has 0 aromatic rings. The Morgan fingerprint density at radius 3 is 2.57 bits per heavy atom. The van der Waals surface area contributed by atoms with Gasteiger partial charge in [0, 0.05) is 11.1 Å². The molecule has 0 saturated carbocycles. The molecule has 0 radical (unpaired) electrons. The number of unbranched alkanes of at least 4 members (excludes halogenated alkanes) is 3. The summed E-state index contributed by atoms with van der Waals surface area (Å²) in [6, 6.07) is 0. The molecule has 0 aromatic heterocycles. The summed E-state index contributed by atoms with van der Waals surface area (Å²) in [6.45, 7) is 12.5. The van der Waals surface area contributed by atoms with Crippen molar-refractivity contribution in [3.63, 3.8) is 0 Å². The predicted molar refractivity (Wildman–Crippen MR) is 101 cm³/mol. The Labute approximate surface area is 141 Å². The highest BCUT2D eigenvalue weighted by atomic mass is 79.9. The summed E-state index contributed by atoms with van der Waals surface area (Å²) in [4.78, 5) is 0. The Bertz CT molecular complexity index is 377. The zero-order valence-corrected chi connectivity index (χ0v) is 17.2. The number of hydrogen-bond donors (Lipinski definition) is 0. The van der Waals surface area contributed by atoms with Gasteiger partial charge in [0.2, 0.25) is 0 Å². The van der Waals surface area contributed by atoms with E-state index >= 15 is 0 Å². The lowest BCUT2D eigenvalue weighted by molar-refractivity contribution is 0.278. The van der Waals surface area contributed by atoms with Gasteiger partial charge in [0.15, 0.2) is 8.32 Å². The van der Waals surface area contributed by atoms with Crippen LogP contribution in [0.2, 0.25) is 18.1 Å². The molecule has 21 heavy (non-hydrogen) atoms. The Hall–Kier alpha value is 0.137. The first-order valence-corrected chi connectivity index (χ1v) is 12.1. The van der Waals surface area contributed by atoms with Gasteiger partial charge in [-0.15, -0.1) is 0 Å². The molecule has 0 atom stereocenters. The highest BCUT2D eigenvalue weighted by Crippen LogP contribution is 2.36. The smallest absolute Gasteiger partial charge is 0.191 e. The zero-order valence-electron chi connectivity index (χ0n) is 14.6. The van der Waals surface area contributed by atoms with Crippen molar-refractivity contribution in [1.82, 2.24) is 0 Å². The molecule has 0 fully saturated rings. The van der Waals surface area contributed by atoms with Crippen LogP contribution in [-0.2, 0) is 4.43 Å². The van der Waals surface area contributed by atoms with E-state index in [1.165, 1.54) is 55.0 Å². The molecular weight excluding hydrogens is 340 g/mol. The quantitative estimate of drug-likeness (QED) is 0.346. The fourth-order valence-electron chi connectivity index (χ4n) is 2.21. The van der Waals surface area contributed by atoms with E-state index in [2.05, 4.69) is 61.9 Å². The first kappa shape index (κ1) is 19.2. The van der Waals surface area contributed by atoms with E-state index in [1.807, 2.05) is 0 Å². The van der Waals surface area contributed by atoms with Gasteiger partial charge in [0.1, 0.15) is 0 Å². The topological polar surface area (TPSA) is 9.23 Å². The highest BCUT2D eigenvalue weighted by molar-refractivity contribution is 9.12. The molecule has 0 N–H and O–H groups in total. The molecule has 3 heteroatoms. The van der Waals surface area contributed by atoms with Crippen LogP contribution in [-0.4, -0.2) is 14.9 Å². The van der Waals surface area contributed by atoms with Crippen molar-refractivity contribution in [2.45, 2.75) is 83.8 Å². The third-order valence-corrected chi connectivity index (χ3v) is 10.2. The Balaban J connectivity index is 2.14. The van der Waals surface area contributed by atoms with E-state index in [9.17, 15) is 0 Å². The third-order valence-electron chi connectivity index (χ3n) is 4.79. The molecule has 0 bridgehead atoms. The molecule has 0 aliphatic heterocycles. The van der Waals surface area contributed by atoms with E-state index in [-0.39, 0.29) is 0 Å². The molecule has 0 saturated heterocycles. The van der Waals surface area contributed by atoms with Crippen LogP contribution < -0.4 is 0 Å². The number of hydrogen-bond acceptors (Lipinski definition) is 1. The van der Waals surface area contributed by atoms with Crippen LogP contribution in [0.15, 0.2) is 22.2 Å². The van der Waals surface area contributed by atoms with E-state index in [0.29, 0.717) is 5.04 Å². The van der Waals surface area contributed by atoms with E-state index in [1.54, 1.807) is 0 Å². The standard InChI is InChI=1S/C18H33BrOSi/c1-18(2,3)21(4,5)20-15-11-7-6-8-12-16-13-9-10-14-17(16)19/h12,14H,6-11,13,15H2,1-5H3/b16-12+. The van der Waals surface area contributed by atoms with Crippen LogP contribution in [0.3, 0.4) is 0 Å². The Morgan fingerprint density at radius 1 is 1.24 bits per heavy atom. The molecule has 0 unspecified atom stereocenters. The largest absolute Gasteiger partial charge is 0.417 e. The van der Waals surface area contributed by atoms with Crippen molar-refractivity contribution in [2.24, 2.45) is 0 Å². The number of halogens is 1. The van der Waals surface area contributed by atoms with Gasteiger partial charge in [-0.25, -0.2) is 0 Å². The predicted octanol–water partition coefficient (Wildman–Crippen LogP) is 6.96. The SMILES string of the molecule is CC(C)(C)[Si](C)(C)OCCCCC/C=C1\CCCC=C1Br. The number of allylic oxidation sites excluding steroid dienone is 4. The van der Waals surface area contributed by atoms with Gasteiger partial charge in [-0.1, -0.05) is 55.3 Å². The first-order chi connectivity index (χ1) is 9.74. The minimum absolute atomic E-state index is 0.330. The first-order valence-electron chi connectivity index (χ1n) is 8.43. The second-order valence-electron chi connectivity index (χ2n) is 7.63. The lowest BCUT2D eigenvalue weighted by atomic mass is 10.0. The molecule has 0 aromatic carbocycles. The maximum Gasteiger partial charge on any atom is 0.191 e. The van der Waals surface area contributed by atoms with Gasteiger partial charge in [-0.3, -0.25) is 0 Å². The molecule has 0 spiro atoms. The monoisotopic (exact) mass is 372 g/mol. The lowest BCUT2D eigenvalue weighted by Crippen LogP contribution is -2.40. The summed E-state index contributed by atoms with van der Waals surface area (Å²) in [5, 5.41) is 0.330. The maximum absolute atomic E-state index is 6.21. The Kier molecular flexibility index (Phi) is 7.94. The normalized spacial score (nSPS) is 19.0. The van der Waals surface area contributed by atoms with Gasteiger partial charge in [-0.2, -0.15) is 0 Å². The molecular formula is C18H33BrOSi. The van der Waals surface area contributed by atoms with Crippen LogP contribution in [0.5, 0.6) is 0 Å². The minimum atomic E-state index is -1.53. The summed E-state index contributed by atoms with van der Waals surface area (Å²) in [5.74, 6) is 0. The van der Waals surface area contributed by atoms with Crippen LogP contribution in [0, 0.1) is 0 Å². The van der Waals surface area contributed by atoms with Crippen molar-refractivity contribution in [1.29, 1.82) is 0 Å². The van der Waals surface area contributed by atoms with Gasteiger partial charge in [-0.05, 0) is 62.2 Å². The molecule has 1 aliphatic carbocycles. The van der Waals surface area contributed by atoms with Gasteiger partial charge in [0.25, 0.3) is 0 Å². The van der Waals surface area contributed by atoms with Gasteiger partial charge >= 0.3 is 0 Å². The highest BCUT2D eigenvalue weighted by Gasteiger charge is 2.36. The summed E-state index contributed by atoms with van der Waals surface area (Å²) in [5.41, 5.74) is 1.51. The van der Waals surface area contributed by atoms with Crippen LogP contribution in [0.1, 0.15) is 65.7 Å². The molecule has 0 heterocycles. The third kappa shape index (κ3) is 6.83. The van der Waals surface area contributed by atoms with E-state index < -0.39 is 8.32 Å². The minimum Gasteiger partial charge on any atom is -0.417 e. The number of rotatable bonds is 7. The molecule has 1 rings (SSSR count). The second kappa shape index (κ2) is 8.69. The van der Waals surface area contributed by atoms with Crippen molar-refractivity contribution in [3.8, 4) is 0 Å². The van der Waals surface area contributed by atoms with Crippen molar-refractivity contribution >= 4 is 24.2 Å². The van der Waals surface area contributed by atoms with E-state index in [0.717, 1.165) is 6.61 Å². The van der Waals surface area contributed by atoms with Crippen LogP contribution in [0.4, 0.5) is 0 Å². The average molecular weight is 373 g/mol. The molecule has 1 aliphatic rings. The van der Waals surface area contributed by atoms with Crippen molar-refractivity contribution < 1.29 is 4.43 Å². The molecule has 1 nitrogen and oxygen atoms in total. The maximum atomic E-state index is 6.21. The average Bonchev–Trinajstić information content (AvgIpc) is 2.38. The van der Waals surface area contributed by atoms with Gasteiger partial charge < -0.3 is 4.43 Å². The fourth-order valence-corrected chi connectivity index (χ4v) is 3.89. The summed E-state index contributed by atoms with van der Waals surface area (Å²) in [7, 11) is -1.53. The fraction of sp³-hybridized carbons (Fsp3) is 0.778. The van der Waals surface area contributed by atoms with Crippen molar-refractivity contribution in [2.75, 3.05) is 6.61 Å². The van der Waals surface area contributed by atoms with Gasteiger partial charge in [0.05, 0.1) is 0 Å². The lowest BCUT2D eigenvalue weighted by Gasteiger charge is -2.36. The summed E-state index contributed by atoms with van der Waals surface area (Å²) in [6.07, 6.45) is 13.5. The second-order valence-corrected chi connectivity index (χ2v) is 13.3. The van der Waals surface area contributed by atoms with Crippen LogP contribution in [0.25, 0.3) is 0 Å². The van der Waals surface area contributed by atoms with Crippen LogP contribution >= 0.6 is 15.9 Å². The molecule has 0 amide bonds. The summed E-state index contributed by atoms with van der Waals surface area (Å²) >= 11 is 3.67. The molecule has 122 valence electrons.